The lowest BCUT2D eigenvalue weighted by Gasteiger charge is -2.13. The van der Waals surface area contributed by atoms with Crippen molar-refractivity contribution >= 4 is 0 Å². The lowest BCUT2D eigenvalue weighted by atomic mass is 9.99. The molecular weight excluding hydrogens is 224 g/mol. The van der Waals surface area contributed by atoms with Gasteiger partial charge in [0.15, 0.2) is 0 Å². The highest BCUT2D eigenvalue weighted by molar-refractivity contribution is 5.33. The van der Waals surface area contributed by atoms with Crippen molar-refractivity contribution in [3.63, 3.8) is 0 Å². The van der Waals surface area contributed by atoms with Crippen molar-refractivity contribution in [3.8, 4) is 0 Å². The Hall–Kier alpha value is -1.81. The highest BCUT2D eigenvalue weighted by Gasteiger charge is 2.14. The van der Waals surface area contributed by atoms with E-state index in [-0.39, 0.29) is 5.56 Å². The number of hydrogen-bond donors (Lipinski definition) is 1. The molecule has 0 saturated heterocycles. The van der Waals surface area contributed by atoms with Gasteiger partial charge in [0.25, 0.3) is 0 Å². The molecule has 1 aromatic carbocycles. The number of halogens is 2. The largest absolute Gasteiger partial charge is 0.384 e. The number of hydrogen-bond acceptors (Lipinski definition) is 2. The minimum Gasteiger partial charge on any atom is -0.384 e. The third-order valence-corrected chi connectivity index (χ3v) is 2.56. The predicted octanol–water partition coefficient (Wildman–Crippen LogP) is 2.75. The van der Waals surface area contributed by atoms with Gasteiger partial charge in [-0.1, -0.05) is 0 Å². The monoisotopic (exact) mass is 235 g/mol. The zero-order chi connectivity index (χ0) is 12.4. The molecule has 1 unspecified atom stereocenters. The number of pyridine rings is 1. The zero-order valence-electron chi connectivity index (χ0n) is 9.19. The summed E-state index contributed by atoms with van der Waals surface area (Å²) in [5.41, 5.74) is 1.55. The first kappa shape index (κ1) is 11.7. The molecule has 1 heterocycles. The van der Waals surface area contributed by atoms with Gasteiger partial charge in [-0.2, -0.15) is 0 Å². The summed E-state index contributed by atoms with van der Waals surface area (Å²) in [7, 11) is 0. The molecular formula is C13H11F2NO. The third-order valence-electron chi connectivity index (χ3n) is 2.56. The predicted molar refractivity (Wildman–Crippen MR) is 59.4 cm³/mol. The van der Waals surface area contributed by atoms with E-state index in [0.29, 0.717) is 5.56 Å². The summed E-state index contributed by atoms with van der Waals surface area (Å²) < 4.78 is 26.1. The molecule has 0 amide bonds. The molecule has 2 aromatic rings. The fraction of sp³-hybridized carbons (Fsp3) is 0.154. The van der Waals surface area contributed by atoms with Crippen LogP contribution in [0.3, 0.4) is 0 Å². The second kappa shape index (κ2) is 4.59. The number of benzene rings is 1. The summed E-state index contributed by atoms with van der Waals surface area (Å²) >= 11 is 0. The number of aryl methyl sites for hydroxylation is 1. The van der Waals surface area contributed by atoms with Crippen molar-refractivity contribution in [2.24, 2.45) is 0 Å². The highest BCUT2D eigenvalue weighted by Crippen LogP contribution is 2.25. The molecule has 1 aromatic heterocycles. The summed E-state index contributed by atoms with van der Waals surface area (Å²) in [5.74, 6) is -1.41. The number of rotatable bonds is 2. The quantitative estimate of drug-likeness (QED) is 0.868. The molecule has 4 heteroatoms. The Morgan fingerprint density at radius 1 is 1.18 bits per heavy atom. The van der Waals surface area contributed by atoms with E-state index in [1.165, 1.54) is 6.20 Å². The Bertz CT molecular complexity index is 522. The SMILES string of the molecule is Cc1cnccc1C(O)c1cc(F)cc(F)c1. The number of aliphatic hydroxyl groups is 1. The van der Waals surface area contributed by atoms with Crippen LogP contribution in [0, 0.1) is 18.6 Å². The van der Waals surface area contributed by atoms with Crippen LogP contribution in [-0.2, 0) is 0 Å². The minimum absolute atomic E-state index is 0.191. The van der Waals surface area contributed by atoms with E-state index >= 15 is 0 Å². The third kappa shape index (κ3) is 2.47. The zero-order valence-corrected chi connectivity index (χ0v) is 9.19. The van der Waals surface area contributed by atoms with E-state index < -0.39 is 17.7 Å². The second-order valence-corrected chi connectivity index (χ2v) is 3.84. The summed E-state index contributed by atoms with van der Waals surface area (Å²) in [6, 6.07) is 4.64. The van der Waals surface area contributed by atoms with Crippen LogP contribution in [0.1, 0.15) is 22.8 Å². The normalized spacial score (nSPS) is 12.5. The number of nitrogens with zero attached hydrogens (tertiary/aromatic N) is 1. The first-order valence-electron chi connectivity index (χ1n) is 5.12. The lowest BCUT2D eigenvalue weighted by Crippen LogP contribution is -2.03. The van der Waals surface area contributed by atoms with E-state index in [1.807, 2.05) is 0 Å². The Balaban J connectivity index is 2.43. The molecule has 0 saturated carbocycles. The smallest absolute Gasteiger partial charge is 0.126 e. The molecule has 2 rings (SSSR count). The number of aliphatic hydroxyl groups excluding tert-OH is 1. The molecule has 17 heavy (non-hydrogen) atoms. The molecule has 0 aliphatic rings. The van der Waals surface area contributed by atoms with Crippen molar-refractivity contribution in [2.45, 2.75) is 13.0 Å². The van der Waals surface area contributed by atoms with Crippen LogP contribution in [0.4, 0.5) is 8.78 Å². The molecule has 0 aliphatic carbocycles. The van der Waals surface area contributed by atoms with Crippen LogP contribution in [0.25, 0.3) is 0 Å². The summed E-state index contributed by atoms with van der Waals surface area (Å²) in [6.07, 6.45) is 2.07. The Morgan fingerprint density at radius 2 is 1.82 bits per heavy atom. The summed E-state index contributed by atoms with van der Waals surface area (Å²) in [5, 5.41) is 10.1. The van der Waals surface area contributed by atoms with Crippen molar-refractivity contribution in [2.75, 3.05) is 0 Å². The molecule has 1 N–H and O–H groups in total. The molecule has 1 atom stereocenters. The summed E-state index contributed by atoms with van der Waals surface area (Å²) in [4.78, 5) is 3.90. The maximum absolute atomic E-state index is 13.0. The maximum Gasteiger partial charge on any atom is 0.126 e. The van der Waals surface area contributed by atoms with Crippen molar-refractivity contribution in [1.29, 1.82) is 0 Å². The van der Waals surface area contributed by atoms with Crippen LogP contribution in [0.15, 0.2) is 36.7 Å². The van der Waals surface area contributed by atoms with E-state index in [0.717, 1.165) is 23.8 Å². The molecule has 0 spiro atoms. The molecule has 0 radical (unpaired) electrons. The van der Waals surface area contributed by atoms with Gasteiger partial charge >= 0.3 is 0 Å². The molecule has 2 nitrogen and oxygen atoms in total. The van der Waals surface area contributed by atoms with Crippen molar-refractivity contribution < 1.29 is 13.9 Å². The first-order chi connectivity index (χ1) is 8.08. The van der Waals surface area contributed by atoms with Gasteiger partial charge in [-0.25, -0.2) is 8.78 Å². The van der Waals surface area contributed by atoms with Crippen molar-refractivity contribution in [1.82, 2.24) is 4.98 Å². The highest BCUT2D eigenvalue weighted by atomic mass is 19.1. The molecule has 0 aliphatic heterocycles. The Morgan fingerprint density at radius 3 is 2.41 bits per heavy atom. The Kier molecular flexibility index (Phi) is 3.15. The number of aromatic nitrogens is 1. The van der Waals surface area contributed by atoms with Gasteiger partial charge in [0.1, 0.15) is 17.7 Å². The van der Waals surface area contributed by atoms with Crippen molar-refractivity contribution in [3.05, 3.63) is 65.0 Å². The molecule has 88 valence electrons. The molecule has 0 bridgehead atoms. The average molecular weight is 235 g/mol. The average Bonchev–Trinajstić information content (AvgIpc) is 2.27. The van der Waals surface area contributed by atoms with E-state index in [9.17, 15) is 13.9 Å². The van der Waals surface area contributed by atoms with E-state index in [2.05, 4.69) is 4.98 Å². The maximum atomic E-state index is 13.0. The minimum atomic E-state index is -1.05. The van der Waals surface area contributed by atoms with Crippen LogP contribution in [-0.4, -0.2) is 10.1 Å². The van der Waals surface area contributed by atoms with Crippen LogP contribution >= 0.6 is 0 Å². The summed E-state index contributed by atoms with van der Waals surface area (Å²) in [6.45, 7) is 1.78. The second-order valence-electron chi connectivity index (χ2n) is 3.84. The molecule has 0 fully saturated rings. The fourth-order valence-corrected chi connectivity index (χ4v) is 1.70. The van der Waals surface area contributed by atoms with Gasteiger partial charge in [0, 0.05) is 18.5 Å². The fourth-order valence-electron chi connectivity index (χ4n) is 1.70. The van der Waals surface area contributed by atoms with Gasteiger partial charge in [-0.05, 0) is 41.8 Å². The first-order valence-corrected chi connectivity index (χ1v) is 5.12. The van der Waals surface area contributed by atoms with E-state index in [4.69, 9.17) is 0 Å². The van der Waals surface area contributed by atoms with Crippen LogP contribution < -0.4 is 0 Å². The van der Waals surface area contributed by atoms with E-state index in [1.54, 1.807) is 19.2 Å². The topological polar surface area (TPSA) is 33.1 Å². The van der Waals surface area contributed by atoms with Gasteiger partial charge < -0.3 is 5.11 Å². The van der Waals surface area contributed by atoms with Gasteiger partial charge in [0.05, 0.1) is 0 Å². The van der Waals surface area contributed by atoms with Gasteiger partial charge in [-0.15, -0.1) is 0 Å². The van der Waals surface area contributed by atoms with Crippen LogP contribution in [0.5, 0.6) is 0 Å². The lowest BCUT2D eigenvalue weighted by molar-refractivity contribution is 0.218. The Labute approximate surface area is 97.6 Å². The van der Waals surface area contributed by atoms with Gasteiger partial charge in [0.2, 0.25) is 0 Å². The van der Waals surface area contributed by atoms with Gasteiger partial charge in [-0.3, -0.25) is 4.98 Å². The van der Waals surface area contributed by atoms with Crippen LogP contribution in [0.2, 0.25) is 0 Å². The standard InChI is InChI=1S/C13H11F2NO/c1-8-7-16-3-2-12(8)13(17)9-4-10(14)6-11(15)5-9/h2-7,13,17H,1H3.